The molecule has 0 radical (unpaired) electrons. The summed E-state index contributed by atoms with van der Waals surface area (Å²) in [4.78, 5) is 40.8. The van der Waals surface area contributed by atoms with Gasteiger partial charge in [-0.2, -0.15) is 0 Å². The molecule has 3 amide bonds. The molecule has 0 aromatic heterocycles. The van der Waals surface area contributed by atoms with E-state index in [-0.39, 0.29) is 29.1 Å². The van der Waals surface area contributed by atoms with Crippen LogP contribution in [-0.4, -0.2) is 36.3 Å². The van der Waals surface area contributed by atoms with E-state index in [2.05, 4.69) is 66.1 Å². The van der Waals surface area contributed by atoms with Crippen LogP contribution < -0.4 is 10.7 Å². The van der Waals surface area contributed by atoms with Gasteiger partial charge in [0.1, 0.15) is 0 Å². The largest absolute Gasteiger partial charge is 0.355 e. The molecule has 0 saturated carbocycles. The molecule has 0 saturated heterocycles. The number of fused-ring (bicyclic) bond motifs is 1. The molecule has 2 aromatic carbocycles. The molecule has 1 unspecified atom stereocenters. The van der Waals surface area contributed by atoms with E-state index >= 15 is 0 Å². The standard InChI is InChI=1S/C38H55N3O3/c1-12-13-14-15-16-17-20-40-41-36(43)29-19-18-28(27(7)33(29)31(37(41)44)21-24(4)23(2)3)34-26(6)25(5)30(35(42)39-11)22-32(34)38(8,9)10/h18-19,21-24,40H,12-17,20H2,1-11H3,(H,39,42)/b31-21+. The van der Waals surface area contributed by atoms with E-state index in [0.29, 0.717) is 29.2 Å². The minimum Gasteiger partial charge on any atom is -0.355 e. The van der Waals surface area contributed by atoms with E-state index in [4.69, 9.17) is 0 Å². The molecule has 0 spiro atoms. The van der Waals surface area contributed by atoms with Gasteiger partial charge < -0.3 is 5.32 Å². The topological polar surface area (TPSA) is 78.5 Å². The Morgan fingerprint density at radius 3 is 2.07 bits per heavy atom. The zero-order valence-corrected chi connectivity index (χ0v) is 29.1. The molecule has 0 aliphatic carbocycles. The van der Waals surface area contributed by atoms with Crippen molar-refractivity contribution in [1.29, 1.82) is 0 Å². The first kappa shape index (κ1) is 35.2. The van der Waals surface area contributed by atoms with Crippen LogP contribution in [0.4, 0.5) is 0 Å². The lowest BCUT2D eigenvalue weighted by Gasteiger charge is -2.33. The van der Waals surface area contributed by atoms with Crippen molar-refractivity contribution in [3.05, 3.63) is 63.2 Å². The zero-order valence-electron chi connectivity index (χ0n) is 29.1. The first-order chi connectivity index (χ1) is 20.7. The number of allylic oxidation sites excluding steroid dienone is 1. The van der Waals surface area contributed by atoms with E-state index < -0.39 is 0 Å². The summed E-state index contributed by atoms with van der Waals surface area (Å²) >= 11 is 0. The fraction of sp³-hybridized carbons (Fsp3) is 0.553. The SMILES string of the molecule is CCCCCCCCNN1C(=O)/C(=C/C(C)C(C)C)c2c(ccc(-c3c(C(C)(C)C)cc(C(=O)NC)c(C)c3C)c2C)C1=O. The minimum absolute atomic E-state index is 0.109. The van der Waals surface area contributed by atoms with Crippen LogP contribution in [0.15, 0.2) is 24.3 Å². The number of carbonyl (C=O) groups is 3. The van der Waals surface area contributed by atoms with Crippen LogP contribution in [0.25, 0.3) is 16.7 Å². The number of unbranched alkanes of at least 4 members (excludes halogenated alkanes) is 5. The lowest BCUT2D eigenvalue weighted by molar-refractivity contribution is -0.125. The first-order valence-electron chi connectivity index (χ1n) is 16.5. The second kappa shape index (κ2) is 14.7. The average Bonchev–Trinajstić information content (AvgIpc) is 2.96. The molecule has 6 heteroatoms. The lowest BCUT2D eigenvalue weighted by Crippen LogP contribution is -2.50. The van der Waals surface area contributed by atoms with Crippen molar-refractivity contribution in [2.24, 2.45) is 11.8 Å². The van der Waals surface area contributed by atoms with Gasteiger partial charge in [0.25, 0.3) is 17.7 Å². The maximum atomic E-state index is 14.1. The molecule has 2 N–H and O–H groups in total. The molecule has 44 heavy (non-hydrogen) atoms. The summed E-state index contributed by atoms with van der Waals surface area (Å²) in [5.41, 5.74) is 11.4. The summed E-state index contributed by atoms with van der Waals surface area (Å²) in [6.07, 6.45) is 8.86. The number of hydrogen-bond donors (Lipinski definition) is 2. The van der Waals surface area contributed by atoms with Gasteiger partial charge in [0.15, 0.2) is 0 Å². The highest BCUT2D eigenvalue weighted by Gasteiger charge is 2.37. The third kappa shape index (κ3) is 7.34. The van der Waals surface area contributed by atoms with Gasteiger partial charge >= 0.3 is 0 Å². The van der Waals surface area contributed by atoms with Crippen LogP contribution in [0.5, 0.6) is 0 Å². The molecule has 0 fully saturated rings. The predicted octanol–water partition coefficient (Wildman–Crippen LogP) is 8.46. The highest BCUT2D eigenvalue weighted by molar-refractivity contribution is 6.31. The van der Waals surface area contributed by atoms with E-state index in [0.717, 1.165) is 51.8 Å². The number of nitrogens with zero attached hydrogens (tertiary/aromatic N) is 1. The van der Waals surface area contributed by atoms with E-state index in [9.17, 15) is 14.4 Å². The Balaban J connectivity index is 2.19. The van der Waals surface area contributed by atoms with Gasteiger partial charge in [0, 0.05) is 35.9 Å². The number of imide groups is 1. The molecular weight excluding hydrogens is 546 g/mol. The third-order valence-electron chi connectivity index (χ3n) is 9.33. The van der Waals surface area contributed by atoms with Gasteiger partial charge in [-0.1, -0.05) is 92.7 Å². The van der Waals surface area contributed by atoms with Crippen LogP contribution in [0.1, 0.15) is 136 Å². The molecule has 1 aliphatic heterocycles. The molecule has 1 atom stereocenters. The number of rotatable bonds is 12. The lowest BCUT2D eigenvalue weighted by atomic mass is 9.75. The second-order valence-electron chi connectivity index (χ2n) is 13.9. The average molecular weight is 602 g/mol. The Morgan fingerprint density at radius 1 is 0.864 bits per heavy atom. The molecule has 1 aliphatic rings. The molecular formula is C38H55N3O3. The Bertz CT molecular complexity index is 1430. The van der Waals surface area contributed by atoms with E-state index in [1.807, 2.05) is 38.1 Å². The molecule has 0 bridgehead atoms. The number of carbonyl (C=O) groups excluding carboxylic acids is 3. The highest BCUT2D eigenvalue weighted by Crippen LogP contribution is 2.43. The highest BCUT2D eigenvalue weighted by atomic mass is 16.2. The van der Waals surface area contributed by atoms with Crippen molar-refractivity contribution in [1.82, 2.24) is 15.8 Å². The molecule has 1 heterocycles. The van der Waals surface area contributed by atoms with Crippen molar-refractivity contribution < 1.29 is 14.4 Å². The van der Waals surface area contributed by atoms with E-state index in [1.165, 1.54) is 30.7 Å². The van der Waals surface area contributed by atoms with Crippen LogP contribution in [0, 0.1) is 32.6 Å². The predicted molar refractivity (Wildman–Crippen MR) is 183 cm³/mol. The van der Waals surface area contributed by atoms with Crippen molar-refractivity contribution >= 4 is 23.3 Å². The van der Waals surface area contributed by atoms with Crippen LogP contribution >= 0.6 is 0 Å². The zero-order chi connectivity index (χ0) is 32.9. The maximum absolute atomic E-state index is 14.1. The fourth-order valence-corrected chi connectivity index (χ4v) is 6.02. The summed E-state index contributed by atoms with van der Waals surface area (Å²) in [5.74, 6) is -0.236. The van der Waals surface area contributed by atoms with Crippen molar-refractivity contribution in [3.8, 4) is 11.1 Å². The second-order valence-corrected chi connectivity index (χ2v) is 13.9. The Morgan fingerprint density at radius 2 is 1.48 bits per heavy atom. The first-order valence-corrected chi connectivity index (χ1v) is 16.5. The van der Waals surface area contributed by atoms with Crippen molar-refractivity contribution in [2.75, 3.05) is 13.6 Å². The van der Waals surface area contributed by atoms with Gasteiger partial charge in [0.05, 0.1) is 0 Å². The molecule has 2 aromatic rings. The summed E-state index contributed by atoms with van der Waals surface area (Å²) in [5, 5.41) is 4.02. The Kier molecular flexibility index (Phi) is 11.8. The summed E-state index contributed by atoms with van der Waals surface area (Å²) < 4.78 is 0. The number of nitrogens with one attached hydrogen (secondary N) is 2. The maximum Gasteiger partial charge on any atom is 0.275 e. The Labute approximate surface area is 266 Å². The number of hydrogen-bond acceptors (Lipinski definition) is 4. The summed E-state index contributed by atoms with van der Waals surface area (Å²) in [6.45, 7) is 21.7. The quantitative estimate of drug-likeness (QED) is 0.145. The fourth-order valence-electron chi connectivity index (χ4n) is 6.02. The van der Waals surface area contributed by atoms with Gasteiger partial charge in [-0.25, -0.2) is 10.4 Å². The van der Waals surface area contributed by atoms with Crippen molar-refractivity contribution in [3.63, 3.8) is 0 Å². The number of benzene rings is 2. The normalized spacial score (nSPS) is 15.3. The number of hydrazine groups is 1. The molecule has 6 nitrogen and oxygen atoms in total. The van der Waals surface area contributed by atoms with Gasteiger partial charge in [-0.15, -0.1) is 0 Å². The van der Waals surface area contributed by atoms with E-state index in [1.54, 1.807) is 7.05 Å². The van der Waals surface area contributed by atoms with Crippen LogP contribution in [0.3, 0.4) is 0 Å². The monoisotopic (exact) mass is 601 g/mol. The van der Waals surface area contributed by atoms with Crippen LogP contribution in [0.2, 0.25) is 0 Å². The summed E-state index contributed by atoms with van der Waals surface area (Å²) in [6, 6.07) is 5.92. The van der Waals surface area contributed by atoms with Crippen LogP contribution in [-0.2, 0) is 10.2 Å². The van der Waals surface area contributed by atoms with Crippen molar-refractivity contribution in [2.45, 2.75) is 113 Å². The summed E-state index contributed by atoms with van der Waals surface area (Å²) in [7, 11) is 1.65. The minimum atomic E-state index is -0.307. The van der Waals surface area contributed by atoms with Gasteiger partial charge in [-0.3, -0.25) is 14.4 Å². The molecule has 3 rings (SSSR count). The Hall–Kier alpha value is -3.25. The third-order valence-corrected chi connectivity index (χ3v) is 9.33. The van der Waals surface area contributed by atoms with Gasteiger partial charge in [0.2, 0.25) is 0 Å². The number of amides is 3. The molecule has 240 valence electrons. The van der Waals surface area contributed by atoms with Gasteiger partial charge in [-0.05, 0) is 90.0 Å². The smallest absolute Gasteiger partial charge is 0.275 e.